The van der Waals surface area contributed by atoms with Crippen LogP contribution in [0.4, 0.5) is 0 Å². The van der Waals surface area contributed by atoms with Gasteiger partial charge in [0.15, 0.2) is 11.5 Å². The predicted molar refractivity (Wildman–Crippen MR) is 75.4 cm³/mol. The second-order valence-corrected chi connectivity index (χ2v) is 4.29. The van der Waals surface area contributed by atoms with Crippen molar-refractivity contribution in [1.82, 2.24) is 5.32 Å². The molecule has 1 unspecified atom stereocenters. The fourth-order valence-electron chi connectivity index (χ4n) is 1.65. The van der Waals surface area contributed by atoms with Crippen molar-refractivity contribution in [3.63, 3.8) is 0 Å². The maximum Gasteiger partial charge on any atom is 0.166 e. The highest BCUT2D eigenvalue weighted by molar-refractivity contribution is 5.46. The van der Waals surface area contributed by atoms with Crippen LogP contribution >= 0.6 is 0 Å². The van der Waals surface area contributed by atoms with E-state index in [1.54, 1.807) is 0 Å². The molecule has 0 saturated heterocycles. The molecular formula is C15H25NO2. The Labute approximate surface area is 110 Å². The fourth-order valence-corrected chi connectivity index (χ4v) is 1.65. The smallest absolute Gasteiger partial charge is 0.166 e. The first kappa shape index (κ1) is 14.8. The lowest BCUT2D eigenvalue weighted by atomic mass is 10.1. The van der Waals surface area contributed by atoms with E-state index in [4.69, 9.17) is 9.47 Å². The molecule has 1 aromatic carbocycles. The van der Waals surface area contributed by atoms with E-state index in [2.05, 4.69) is 32.2 Å². The molecule has 0 aromatic heterocycles. The van der Waals surface area contributed by atoms with E-state index in [-0.39, 0.29) is 6.10 Å². The Morgan fingerprint density at radius 3 is 2.61 bits per heavy atom. The van der Waals surface area contributed by atoms with Gasteiger partial charge in [0.05, 0.1) is 12.7 Å². The summed E-state index contributed by atoms with van der Waals surface area (Å²) in [6, 6.07) is 6.07. The van der Waals surface area contributed by atoms with Crippen LogP contribution in [0, 0.1) is 0 Å². The highest BCUT2D eigenvalue weighted by atomic mass is 16.5. The van der Waals surface area contributed by atoms with E-state index in [1.807, 2.05) is 19.1 Å². The minimum absolute atomic E-state index is 0.201. The van der Waals surface area contributed by atoms with Gasteiger partial charge in [0, 0.05) is 12.1 Å². The lowest BCUT2D eigenvalue weighted by Gasteiger charge is -2.19. The molecule has 1 N–H and O–H groups in total. The van der Waals surface area contributed by atoms with E-state index in [9.17, 15) is 0 Å². The van der Waals surface area contributed by atoms with Gasteiger partial charge in [-0.3, -0.25) is 0 Å². The van der Waals surface area contributed by atoms with Gasteiger partial charge in [-0.15, -0.1) is 0 Å². The molecule has 0 spiro atoms. The quantitative estimate of drug-likeness (QED) is 0.768. The largest absolute Gasteiger partial charge is 0.490 e. The van der Waals surface area contributed by atoms with Crippen molar-refractivity contribution in [2.45, 2.75) is 46.8 Å². The first-order valence-electron chi connectivity index (χ1n) is 6.84. The molecule has 0 aliphatic carbocycles. The van der Waals surface area contributed by atoms with Crippen molar-refractivity contribution < 1.29 is 9.47 Å². The number of hydrogen-bond acceptors (Lipinski definition) is 3. The van der Waals surface area contributed by atoms with Crippen LogP contribution in [0.3, 0.4) is 0 Å². The van der Waals surface area contributed by atoms with Crippen molar-refractivity contribution in [3.05, 3.63) is 23.8 Å². The van der Waals surface area contributed by atoms with Crippen LogP contribution < -0.4 is 14.8 Å². The normalized spacial score (nSPS) is 12.2. The number of hydrogen-bond donors (Lipinski definition) is 1. The lowest BCUT2D eigenvalue weighted by Crippen LogP contribution is -2.16. The van der Waals surface area contributed by atoms with Crippen molar-refractivity contribution in [1.29, 1.82) is 0 Å². The second kappa shape index (κ2) is 7.98. The number of para-hydroxylation sites is 1. The minimum Gasteiger partial charge on any atom is -0.490 e. The first-order valence-corrected chi connectivity index (χ1v) is 6.84. The zero-order chi connectivity index (χ0) is 13.4. The lowest BCUT2D eigenvalue weighted by molar-refractivity contribution is 0.200. The Bertz CT molecular complexity index is 352. The molecule has 0 bridgehead atoms. The summed E-state index contributed by atoms with van der Waals surface area (Å²) < 4.78 is 11.7. The maximum atomic E-state index is 6.01. The molecule has 0 heterocycles. The topological polar surface area (TPSA) is 30.5 Å². The van der Waals surface area contributed by atoms with Gasteiger partial charge in [-0.25, -0.2) is 0 Å². The molecule has 0 fully saturated rings. The predicted octanol–water partition coefficient (Wildman–Crippen LogP) is 3.37. The molecule has 1 atom stereocenters. The van der Waals surface area contributed by atoms with Crippen molar-refractivity contribution in [3.8, 4) is 11.5 Å². The van der Waals surface area contributed by atoms with Gasteiger partial charge in [-0.05, 0) is 32.9 Å². The second-order valence-electron chi connectivity index (χ2n) is 4.29. The summed E-state index contributed by atoms with van der Waals surface area (Å²) in [5.41, 5.74) is 1.16. The molecule has 18 heavy (non-hydrogen) atoms. The van der Waals surface area contributed by atoms with Gasteiger partial charge >= 0.3 is 0 Å². The molecule has 0 amide bonds. The molecule has 0 radical (unpaired) electrons. The molecule has 0 aliphatic heterocycles. The molecule has 3 nitrogen and oxygen atoms in total. The third kappa shape index (κ3) is 4.22. The molecule has 0 saturated carbocycles. The fraction of sp³-hybridized carbons (Fsp3) is 0.600. The molecule has 1 aromatic rings. The van der Waals surface area contributed by atoms with Gasteiger partial charge < -0.3 is 14.8 Å². The highest BCUT2D eigenvalue weighted by Crippen LogP contribution is 2.32. The van der Waals surface area contributed by atoms with Crippen LogP contribution in [0.1, 0.15) is 39.7 Å². The average Bonchev–Trinajstić information content (AvgIpc) is 2.39. The zero-order valence-electron chi connectivity index (χ0n) is 12.0. The Kier molecular flexibility index (Phi) is 6.58. The molecule has 1 rings (SSSR count). The van der Waals surface area contributed by atoms with Crippen molar-refractivity contribution >= 4 is 0 Å². The van der Waals surface area contributed by atoms with Crippen LogP contribution in [-0.2, 0) is 6.54 Å². The van der Waals surface area contributed by atoms with Gasteiger partial charge in [0.2, 0.25) is 0 Å². The summed E-state index contributed by atoms with van der Waals surface area (Å²) in [5, 5.41) is 3.33. The SMILES string of the molecule is CCNCc1cccc(OCC)c1OC(C)CC. The van der Waals surface area contributed by atoms with Crippen LogP contribution in [0.15, 0.2) is 18.2 Å². The summed E-state index contributed by atoms with van der Waals surface area (Å²) in [5.74, 6) is 1.72. The first-order chi connectivity index (χ1) is 8.72. The van der Waals surface area contributed by atoms with Crippen LogP contribution in [0.5, 0.6) is 11.5 Å². The third-order valence-corrected chi connectivity index (χ3v) is 2.82. The molecule has 3 heteroatoms. The minimum atomic E-state index is 0.201. The summed E-state index contributed by atoms with van der Waals surface area (Å²) in [4.78, 5) is 0. The number of ether oxygens (including phenoxy) is 2. The number of rotatable bonds is 8. The Hall–Kier alpha value is -1.22. The summed E-state index contributed by atoms with van der Waals surface area (Å²) in [6.07, 6.45) is 1.19. The number of benzene rings is 1. The van der Waals surface area contributed by atoms with E-state index in [1.165, 1.54) is 0 Å². The zero-order valence-corrected chi connectivity index (χ0v) is 12.0. The molecule has 0 aliphatic rings. The van der Waals surface area contributed by atoms with Gasteiger partial charge in [-0.2, -0.15) is 0 Å². The van der Waals surface area contributed by atoms with Crippen molar-refractivity contribution in [2.75, 3.05) is 13.2 Å². The molecular weight excluding hydrogens is 226 g/mol. The maximum absolute atomic E-state index is 6.01. The standard InChI is InChI=1S/C15H25NO2/c1-5-12(4)18-15-13(11-16-6-2)9-8-10-14(15)17-7-3/h8-10,12,16H,5-7,11H2,1-4H3. The van der Waals surface area contributed by atoms with Gasteiger partial charge in [0.1, 0.15) is 0 Å². The van der Waals surface area contributed by atoms with Crippen LogP contribution in [0.2, 0.25) is 0 Å². The summed E-state index contributed by atoms with van der Waals surface area (Å²) in [6.45, 7) is 10.7. The Morgan fingerprint density at radius 1 is 1.22 bits per heavy atom. The van der Waals surface area contributed by atoms with Gasteiger partial charge in [-0.1, -0.05) is 26.0 Å². The third-order valence-electron chi connectivity index (χ3n) is 2.82. The monoisotopic (exact) mass is 251 g/mol. The van der Waals surface area contributed by atoms with Crippen LogP contribution in [0.25, 0.3) is 0 Å². The van der Waals surface area contributed by atoms with E-state index < -0.39 is 0 Å². The van der Waals surface area contributed by atoms with Gasteiger partial charge in [0.25, 0.3) is 0 Å². The van der Waals surface area contributed by atoms with E-state index in [0.29, 0.717) is 6.61 Å². The summed E-state index contributed by atoms with van der Waals surface area (Å²) in [7, 11) is 0. The average molecular weight is 251 g/mol. The van der Waals surface area contributed by atoms with Crippen molar-refractivity contribution in [2.24, 2.45) is 0 Å². The Morgan fingerprint density at radius 2 is 2.00 bits per heavy atom. The van der Waals surface area contributed by atoms with Crippen LogP contribution in [-0.4, -0.2) is 19.3 Å². The highest BCUT2D eigenvalue weighted by Gasteiger charge is 2.13. The summed E-state index contributed by atoms with van der Waals surface area (Å²) >= 11 is 0. The van der Waals surface area contributed by atoms with E-state index in [0.717, 1.165) is 36.6 Å². The van der Waals surface area contributed by atoms with E-state index >= 15 is 0 Å². The molecule has 102 valence electrons. The number of nitrogens with one attached hydrogen (secondary N) is 1. The Balaban J connectivity index is 2.95.